The number of rotatable bonds is 1. The number of nitrogens with two attached hydrogens (primary N) is 1. The highest BCUT2D eigenvalue weighted by Crippen LogP contribution is 2.36. The molecule has 0 bridgehead atoms. The van der Waals surface area contributed by atoms with E-state index in [2.05, 4.69) is 0 Å². The van der Waals surface area contributed by atoms with Crippen LogP contribution in [-0.4, -0.2) is 5.11 Å². The first kappa shape index (κ1) is 14.0. The maximum Gasteiger partial charge on any atom is 0.200 e. The molecule has 0 radical (unpaired) electrons. The highest BCUT2D eigenvalue weighted by Gasteiger charge is 2.28. The number of anilines is 1. The van der Waals surface area contributed by atoms with Crippen molar-refractivity contribution in [2.45, 2.75) is 0 Å². The van der Waals surface area contributed by atoms with Crippen LogP contribution in [0.1, 0.15) is 0 Å². The quantitative estimate of drug-likeness (QED) is 0.278. The van der Waals surface area contributed by atoms with Crippen molar-refractivity contribution in [3.8, 4) is 16.9 Å². The number of benzene rings is 2. The predicted molar refractivity (Wildman–Crippen MR) is 57.7 cm³/mol. The van der Waals surface area contributed by atoms with Gasteiger partial charge in [-0.1, -0.05) is 0 Å². The van der Waals surface area contributed by atoms with E-state index in [4.69, 9.17) is 10.8 Å². The monoisotopic (exact) mass is 293 g/mol. The van der Waals surface area contributed by atoms with Crippen molar-refractivity contribution < 1.29 is 31.4 Å². The SMILES string of the molecule is Nc1cc(-c2c(F)c(F)c(F)c(F)c2F)c(F)cc1O. The molecule has 0 saturated carbocycles. The van der Waals surface area contributed by atoms with Crippen LogP contribution in [0.15, 0.2) is 12.1 Å². The van der Waals surface area contributed by atoms with Gasteiger partial charge in [-0.25, -0.2) is 26.3 Å². The summed E-state index contributed by atoms with van der Waals surface area (Å²) in [5.74, 6) is -13.3. The van der Waals surface area contributed by atoms with Crippen LogP contribution in [0, 0.1) is 34.9 Å². The van der Waals surface area contributed by atoms with E-state index in [9.17, 15) is 26.3 Å². The number of nitrogen functional groups attached to an aromatic ring is 1. The summed E-state index contributed by atoms with van der Waals surface area (Å²) >= 11 is 0. The van der Waals surface area contributed by atoms with Crippen LogP contribution in [0.25, 0.3) is 11.1 Å². The third-order valence-corrected chi connectivity index (χ3v) is 2.60. The van der Waals surface area contributed by atoms with Gasteiger partial charge in [0.2, 0.25) is 5.82 Å². The Morgan fingerprint density at radius 2 is 1.20 bits per heavy atom. The number of phenols is 1. The van der Waals surface area contributed by atoms with Gasteiger partial charge in [-0.05, 0) is 6.07 Å². The second kappa shape index (κ2) is 4.62. The van der Waals surface area contributed by atoms with Crippen molar-refractivity contribution in [1.82, 2.24) is 0 Å². The normalized spacial score (nSPS) is 10.9. The van der Waals surface area contributed by atoms with Crippen LogP contribution in [-0.2, 0) is 0 Å². The molecule has 0 spiro atoms. The number of aromatic hydroxyl groups is 1. The molecule has 0 aromatic heterocycles. The topological polar surface area (TPSA) is 46.2 Å². The Morgan fingerprint density at radius 3 is 1.70 bits per heavy atom. The van der Waals surface area contributed by atoms with Crippen molar-refractivity contribution in [3.05, 3.63) is 47.0 Å². The van der Waals surface area contributed by atoms with E-state index in [1.54, 1.807) is 0 Å². The predicted octanol–water partition coefficient (Wildman–Crippen LogP) is 3.48. The number of hydrogen-bond donors (Lipinski definition) is 2. The summed E-state index contributed by atoms with van der Waals surface area (Å²) in [6.45, 7) is 0. The van der Waals surface area contributed by atoms with E-state index < -0.39 is 57.5 Å². The van der Waals surface area contributed by atoms with Gasteiger partial charge in [-0.3, -0.25) is 0 Å². The van der Waals surface area contributed by atoms with Crippen LogP contribution in [0.5, 0.6) is 5.75 Å². The maximum atomic E-state index is 13.6. The zero-order chi connectivity index (χ0) is 15.2. The van der Waals surface area contributed by atoms with Crippen LogP contribution < -0.4 is 5.73 Å². The highest BCUT2D eigenvalue weighted by atomic mass is 19.2. The van der Waals surface area contributed by atoms with Gasteiger partial charge in [0, 0.05) is 11.6 Å². The van der Waals surface area contributed by atoms with Crippen molar-refractivity contribution in [2.75, 3.05) is 5.73 Å². The third-order valence-electron chi connectivity index (χ3n) is 2.60. The van der Waals surface area contributed by atoms with Gasteiger partial charge in [0.05, 0.1) is 11.3 Å². The lowest BCUT2D eigenvalue weighted by molar-refractivity contribution is 0.381. The standard InChI is InChI=1S/C12H5F6NO/c13-4-2-6(20)5(19)1-3(4)7-8(14)10(16)12(18)11(17)9(7)15/h1-2,20H,19H2. The molecule has 0 saturated heterocycles. The van der Waals surface area contributed by atoms with Gasteiger partial charge < -0.3 is 10.8 Å². The molecule has 0 aliphatic carbocycles. The second-order valence-electron chi connectivity index (χ2n) is 3.84. The summed E-state index contributed by atoms with van der Waals surface area (Å²) in [7, 11) is 0. The first-order valence-corrected chi connectivity index (χ1v) is 5.05. The molecule has 0 fully saturated rings. The van der Waals surface area contributed by atoms with Crippen molar-refractivity contribution in [3.63, 3.8) is 0 Å². The van der Waals surface area contributed by atoms with E-state index in [0.717, 1.165) is 0 Å². The molecule has 106 valence electrons. The second-order valence-corrected chi connectivity index (χ2v) is 3.84. The lowest BCUT2D eigenvalue weighted by Gasteiger charge is -2.10. The molecule has 2 rings (SSSR count). The summed E-state index contributed by atoms with van der Waals surface area (Å²) in [5, 5.41) is 9.10. The lowest BCUT2D eigenvalue weighted by Crippen LogP contribution is -2.05. The summed E-state index contributed by atoms with van der Waals surface area (Å²) in [6, 6.07) is 0.978. The molecule has 0 atom stereocenters. The van der Waals surface area contributed by atoms with Crippen LogP contribution in [0.3, 0.4) is 0 Å². The van der Waals surface area contributed by atoms with Gasteiger partial charge in [0.15, 0.2) is 23.3 Å². The Balaban J connectivity index is 2.87. The minimum absolute atomic E-state index is 0.405. The summed E-state index contributed by atoms with van der Waals surface area (Å²) in [5.41, 5.74) is 2.32. The van der Waals surface area contributed by atoms with Gasteiger partial charge in [-0.15, -0.1) is 0 Å². The van der Waals surface area contributed by atoms with Gasteiger partial charge in [-0.2, -0.15) is 0 Å². The van der Waals surface area contributed by atoms with E-state index in [-0.39, 0.29) is 0 Å². The molecule has 0 aliphatic rings. The Kier molecular flexibility index (Phi) is 3.24. The van der Waals surface area contributed by atoms with E-state index >= 15 is 0 Å². The van der Waals surface area contributed by atoms with Crippen molar-refractivity contribution >= 4 is 5.69 Å². The van der Waals surface area contributed by atoms with Gasteiger partial charge in [0.1, 0.15) is 11.6 Å². The molecule has 2 aromatic rings. The van der Waals surface area contributed by atoms with E-state index in [1.165, 1.54) is 0 Å². The Bertz CT molecular complexity index is 687. The average molecular weight is 293 g/mol. The molecule has 3 N–H and O–H groups in total. The van der Waals surface area contributed by atoms with Gasteiger partial charge >= 0.3 is 0 Å². The molecule has 2 nitrogen and oxygen atoms in total. The third kappa shape index (κ3) is 1.93. The molecule has 0 aliphatic heterocycles. The van der Waals surface area contributed by atoms with Crippen molar-refractivity contribution in [2.24, 2.45) is 0 Å². The van der Waals surface area contributed by atoms with Gasteiger partial charge in [0.25, 0.3) is 0 Å². The Hall–Kier alpha value is -2.38. The highest BCUT2D eigenvalue weighted by molar-refractivity contribution is 5.72. The fourth-order valence-electron chi connectivity index (χ4n) is 1.61. The van der Waals surface area contributed by atoms with Crippen LogP contribution in [0.2, 0.25) is 0 Å². The zero-order valence-electron chi connectivity index (χ0n) is 9.45. The first-order valence-electron chi connectivity index (χ1n) is 5.05. The van der Waals surface area contributed by atoms with E-state index in [0.29, 0.717) is 12.1 Å². The summed E-state index contributed by atoms with van der Waals surface area (Å²) in [4.78, 5) is 0. The fourth-order valence-corrected chi connectivity index (χ4v) is 1.61. The minimum atomic E-state index is -2.35. The molecular weight excluding hydrogens is 288 g/mol. The lowest BCUT2D eigenvalue weighted by atomic mass is 10.0. The first-order chi connectivity index (χ1) is 9.25. The summed E-state index contributed by atoms with van der Waals surface area (Å²) in [6.07, 6.45) is 0. The zero-order valence-corrected chi connectivity index (χ0v) is 9.45. The number of hydrogen-bond acceptors (Lipinski definition) is 2. The number of phenolic OH excluding ortho intramolecular Hbond substituents is 1. The smallest absolute Gasteiger partial charge is 0.200 e. The average Bonchev–Trinajstić information content (AvgIpc) is 2.40. The van der Waals surface area contributed by atoms with Crippen molar-refractivity contribution in [1.29, 1.82) is 0 Å². The molecule has 0 amide bonds. The molecule has 20 heavy (non-hydrogen) atoms. The number of halogens is 6. The Morgan fingerprint density at radius 1 is 0.750 bits per heavy atom. The van der Waals surface area contributed by atoms with Crippen LogP contribution >= 0.6 is 0 Å². The molecule has 0 heterocycles. The minimum Gasteiger partial charge on any atom is -0.506 e. The molecular formula is C12H5F6NO. The largest absolute Gasteiger partial charge is 0.506 e. The van der Waals surface area contributed by atoms with Crippen LogP contribution in [0.4, 0.5) is 32.0 Å². The summed E-state index contributed by atoms with van der Waals surface area (Å²) < 4.78 is 79.5. The molecule has 0 unspecified atom stereocenters. The molecule has 2 aromatic carbocycles. The Labute approximate surface area is 108 Å². The molecule has 8 heteroatoms. The van der Waals surface area contributed by atoms with E-state index in [1.807, 2.05) is 0 Å². The maximum absolute atomic E-state index is 13.6. The fraction of sp³-hybridized carbons (Fsp3) is 0.